The third kappa shape index (κ3) is 7.27. The van der Waals surface area contributed by atoms with Gasteiger partial charge in [-0.1, -0.05) is 30.3 Å². The lowest BCUT2D eigenvalue weighted by atomic mass is 10.2. The number of benzene rings is 2. The Balaban J connectivity index is 1.55. The molecule has 0 fully saturated rings. The summed E-state index contributed by atoms with van der Waals surface area (Å²) in [7, 11) is -3.92. The van der Waals surface area contributed by atoms with Crippen LogP contribution in [0.3, 0.4) is 0 Å². The Bertz CT molecular complexity index is 1450. The first-order valence-electron chi connectivity index (χ1n) is 12.0. The first-order valence-corrected chi connectivity index (χ1v) is 13.5. The molecule has 9 nitrogen and oxygen atoms in total. The van der Waals surface area contributed by atoms with Gasteiger partial charge in [-0.25, -0.2) is 22.9 Å². The Morgan fingerprint density at radius 1 is 0.921 bits per heavy atom. The zero-order valence-electron chi connectivity index (χ0n) is 21.5. The quantitative estimate of drug-likeness (QED) is 0.278. The number of aromatic nitrogens is 3. The molecule has 38 heavy (non-hydrogen) atoms. The second-order valence-corrected chi connectivity index (χ2v) is 11.5. The van der Waals surface area contributed by atoms with E-state index in [-0.39, 0.29) is 24.7 Å². The van der Waals surface area contributed by atoms with Gasteiger partial charge in [-0.2, -0.15) is 9.40 Å². The summed E-state index contributed by atoms with van der Waals surface area (Å²) in [5.41, 5.74) is 1.75. The Hall–Kier alpha value is -4.02. The number of esters is 1. The van der Waals surface area contributed by atoms with E-state index in [0.29, 0.717) is 11.3 Å². The van der Waals surface area contributed by atoms with Gasteiger partial charge in [0.2, 0.25) is 0 Å². The number of nitrogens with zero attached hydrogens (tertiary/aromatic N) is 4. The first kappa shape index (κ1) is 27.0. The predicted molar refractivity (Wildman–Crippen MR) is 142 cm³/mol. The van der Waals surface area contributed by atoms with E-state index in [1.807, 2.05) is 42.6 Å². The molecule has 10 heteroatoms. The van der Waals surface area contributed by atoms with Gasteiger partial charge in [0.25, 0.3) is 10.0 Å². The van der Waals surface area contributed by atoms with Crippen LogP contribution in [0.5, 0.6) is 5.75 Å². The highest BCUT2D eigenvalue weighted by Gasteiger charge is 2.26. The van der Waals surface area contributed by atoms with Gasteiger partial charge in [0, 0.05) is 31.7 Å². The smallest absolute Gasteiger partial charge is 0.344 e. The van der Waals surface area contributed by atoms with Gasteiger partial charge in [-0.05, 0) is 74.4 Å². The molecule has 2 heterocycles. The van der Waals surface area contributed by atoms with Crippen LogP contribution in [-0.4, -0.2) is 45.7 Å². The lowest BCUT2D eigenvalue weighted by Crippen LogP contribution is -2.31. The molecular weight excluding hydrogens is 504 g/mol. The minimum absolute atomic E-state index is 0.0366. The summed E-state index contributed by atoms with van der Waals surface area (Å²) in [6.45, 7) is 5.30. The molecular formula is C28H30N4O5S. The average molecular weight is 535 g/mol. The number of carbonyl (C=O) groups is 1. The van der Waals surface area contributed by atoms with Crippen molar-refractivity contribution < 1.29 is 22.7 Å². The molecule has 4 aromatic rings. The minimum Gasteiger partial charge on any atom is -0.482 e. The number of carbonyl (C=O) groups excluding carboxylic acids is 1. The van der Waals surface area contributed by atoms with E-state index in [9.17, 15) is 13.2 Å². The summed E-state index contributed by atoms with van der Waals surface area (Å²) in [4.78, 5) is 16.1. The van der Waals surface area contributed by atoms with Crippen LogP contribution in [0.25, 0.3) is 5.69 Å². The fourth-order valence-corrected chi connectivity index (χ4v) is 5.03. The van der Waals surface area contributed by atoms with Crippen molar-refractivity contribution >= 4 is 16.0 Å². The van der Waals surface area contributed by atoms with Crippen LogP contribution in [-0.2, 0) is 32.6 Å². The Morgan fingerprint density at radius 2 is 1.68 bits per heavy atom. The topological polar surface area (TPSA) is 104 Å². The molecule has 0 radical (unpaired) electrons. The number of sulfonamides is 1. The van der Waals surface area contributed by atoms with E-state index in [4.69, 9.17) is 9.47 Å². The van der Waals surface area contributed by atoms with E-state index in [0.717, 1.165) is 11.3 Å². The van der Waals surface area contributed by atoms with E-state index < -0.39 is 21.6 Å². The third-order valence-corrected chi connectivity index (χ3v) is 7.05. The van der Waals surface area contributed by atoms with E-state index >= 15 is 0 Å². The van der Waals surface area contributed by atoms with E-state index in [2.05, 4.69) is 10.1 Å². The Kier molecular flexibility index (Phi) is 8.23. The summed E-state index contributed by atoms with van der Waals surface area (Å²) in [5.74, 6) is -0.0482. The van der Waals surface area contributed by atoms with Crippen LogP contribution in [0.15, 0.2) is 96.4 Å². The number of rotatable bonds is 10. The highest BCUT2D eigenvalue weighted by molar-refractivity contribution is 7.89. The minimum atomic E-state index is -3.92. The van der Waals surface area contributed by atoms with Crippen LogP contribution in [0.1, 0.15) is 31.9 Å². The van der Waals surface area contributed by atoms with Crippen molar-refractivity contribution in [1.82, 2.24) is 19.1 Å². The largest absolute Gasteiger partial charge is 0.482 e. The van der Waals surface area contributed by atoms with Gasteiger partial charge in [0.1, 0.15) is 11.4 Å². The second kappa shape index (κ2) is 11.6. The maximum absolute atomic E-state index is 13.6. The summed E-state index contributed by atoms with van der Waals surface area (Å²) in [5, 5.41) is 4.19. The number of hydrogen-bond donors (Lipinski definition) is 0. The van der Waals surface area contributed by atoms with Crippen molar-refractivity contribution in [2.24, 2.45) is 0 Å². The normalized spacial score (nSPS) is 11.9. The molecule has 4 rings (SSSR count). The zero-order valence-corrected chi connectivity index (χ0v) is 22.3. The van der Waals surface area contributed by atoms with Crippen molar-refractivity contribution in [2.45, 2.75) is 44.5 Å². The van der Waals surface area contributed by atoms with Crippen molar-refractivity contribution in [1.29, 1.82) is 0 Å². The van der Waals surface area contributed by atoms with Gasteiger partial charge in [0.05, 0.1) is 5.69 Å². The molecule has 0 atom stereocenters. The standard InChI is InChI=1S/C28H30N4O5S/c1-28(2,3)37-27(33)21-36-25-9-6-8-23(18-25)20-31(38(34,35)26-10-4-5-15-29-26)19-22-11-13-24(14-12-22)32-17-7-16-30-32/h4-18H,19-21H2,1-3H3. The van der Waals surface area contributed by atoms with Crippen LogP contribution >= 0.6 is 0 Å². The molecule has 198 valence electrons. The van der Waals surface area contributed by atoms with Crippen LogP contribution in [0, 0.1) is 0 Å². The van der Waals surface area contributed by atoms with E-state index in [1.54, 1.807) is 62.0 Å². The molecule has 0 saturated heterocycles. The van der Waals surface area contributed by atoms with Gasteiger partial charge in [-0.3, -0.25) is 0 Å². The highest BCUT2D eigenvalue weighted by atomic mass is 32.2. The molecule has 0 saturated carbocycles. The van der Waals surface area contributed by atoms with E-state index in [1.165, 1.54) is 16.6 Å². The van der Waals surface area contributed by atoms with Gasteiger partial charge < -0.3 is 9.47 Å². The van der Waals surface area contributed by atoms with Crippen molar-refractivity contribution in [3.05, 3.63) is 103 Å². The van der Waals surface area contributed by atoms with Crippen LogP contribution in [0.2, 0.25) is 0 Å². The number of hydrogen-bond acceptors (Lipinski definition) is 7. The highest BCUT2D eigenvalue weighted by Crippen LogP contribution is 2.23. The predicted octanol–water partition coefficient (Wildman–Crippen LogP) is 4.38. The molecule has 0 spiro atoms. The average Bonchev–Trinajstić information content (AvgIpc) is 3.42. The molecule has 2 aromatic heterocycles. The number of pyridine rings is 1. The summed E-state index contributed by atoms with van der Waals surface area (Å²) in [6, 6.07) is 21.1. The van der Waals surface area contributed by atoms with Crippen LogP contribution < -0.4 is 4.74 Å². The molecule has 0 aliphatic rings. The molecule has 0 amide bonds. The molecule has 0 aliphatic heterocycles. The second-order valence-electron chi connectivity index (χ2n) is 9.58. The third-order valence-electron chi connectivity index (χ3n) is 5.34. The SMILES string of the molecule is CC(C)(C)OC(=O)COc1cccc(CN(Cc2ccc(-n3cccn3)cc2)S(=O)(=O)c2ccccn2)c1. The first-order chi connectivity index (χ1) is 18.1. The lowest BCUT2D eigenvalue weighted by molar-refractivity contribution is -0.157. The molecule has 2 aromatic carbocycles. The maximum atomic E-state index is 13.6. The van der Waals surface area contributed by atoms with Crippen molar-refractivity contribution in [2.75, 3.05) is 6.61 Å². The van der Waals surface area contributed by atoms with Gasteiger partial charge in [-0.15, -0.1) is 0 Å². The number of ether oxygens (including phenoxy) is 2. The Labute approximate surface area is 222 Å². The van der Waals surface area contributed by atoms with Crippen molar-refractivity contribution in [3.8, 4) is 11.4 Å². The monoisotopic (exact) mass is 534 g/mol. The molecule has 0 bridgehead atoms. The zero-order chi connectivity index (χ0) is 27.2. The Morgan fingerprint density at radius 3 is 2.34 bits per heavy atom. The molecule has 0 aliphatic carbocycles. The fourth-order valence-electron chi connectivity index (χ4n) is 3.69. The van der Waals surface area contributed by atoms with Gasteiger partial charge >= 0.3 is 5.97 Å². The fraction of sp³-hybridized carbons (Fsp3) is 0.250. The molecule has 0 unspecified atom stereocenters. The van der Waals surface area contributed by atoms with Gasteiger partial charge in [0.15, 0.2) is 11.6 Å². The summed E-state index contributed by atoms with van der Waals surface area (Å²) < 4.78 is 41.2. The van der Waals surface area contributed by atoms with Crippen molar-refractivity contribution in [3.63, 3.8) is 0 Å². The summed E-state index contributed by atoms with van der Waals surface area (Å²) >= 11 is 0. The lowest BCUT2D eigenvalue weighted by Gasteiger charge is -2.22. The maximum Gasteiger partial charge on any atom is 0.344 e. The van der Waals surface area contributed by atoms with Crippen LogP contribution in [0.4, 0.5) is 0 Å². The summed E-state index contributed by atoms with van der Waals surface area (Å²) in [6.07, 6.45) is 4.99. The molecule has 0 N–H and O–H groups in total.